The van der Waals surface area contributed by atoms with Crippen molar-refractivity contribution in [2.24, 2.45) is 5.92 Å². The quantitative estimate of drug-likeness (QED) is 0.678. The molecule has 3 N–H and O–H groups in total. The average molecular weight is 421 g/mol. The van der Waals surface area contributed by atoms with Gasteiger partial charge >= 0.3 is 12.2 Å². The van der Waals surface area contributed by atoms with E-state index in [2.05, 4.69) is 16.0 Å². The van der Waals surface area contributed by atoms with Crippen LogP contribution in [0.25, 0.3) is 0 Å². The Bertz CT molecular complexity index is 840. The van der Waals surface area contributed by atoms with Gasteiger partial charge in [-0.15, -0.1) is 0 Å². The second-order valence-electron chi connectivity index (χ2n) is 7.01. The second-order valence-corrected chi connectivity index (χ2v) is 9.24. The van der Waals surface area contributed by atoms with E-state index in [0.717, 1.165) is 12.1 Å². The molecule has 3 amide bonds. The van der Waals surface area contributed by atoms with E-state index in [4.69, 9.17) is 0 Å². The molecule has 2 atom stereocenters. The van der Waals surface area contributed by atoms with Crippen molar-refractivity contribution in [2.75, 3.05) is 16.8 Å². The Balaban J connectivity index is 2.01. The smallest absolute Gasteiger partial charge is 0.334 e. The topological polar surface area (TPSA) is 104 Å². The summed E-state index contributed by atoms with van der Waals surface area (Å²) in [6.45, 7) is 3.33. The first-order valence-corrected chi connectivity index (χ1v) is 10.4. The molecule has 0 aliphatic carbocycles. The first-order valence-electron chi connectivity index (χ1n) is 8.63. The third-order valence-electron chi connectivity index (χ3n) is 4.26. The molecule has 156 valence electrons. The molecule has 0 bridgehead atoms. The summed E-state index contributed by atoms with van der Waals surface area (Å²) in [6, 6.07) is 1.91. The van der Waals surface area contributed by atoms with Crippen molar-refractivity contribution in [1.29, 1.82) is 0 Å². The van der Waals surface area contributed by atoms with Gasteiger partial charge in [-0.05, 0) is 30.5 Å². The molecule has 11 heteroatoms. The van der Waals surface area contributed by atoms with Crippen LogP contribution in [0, 0.1) is 5.92 Å². The lowest BCUT2D eigenvalue weighted by Gasteiger charge is -2.23. The van der Waals surface area contributed by atoms with Gasteiger partial charge < -0.3 is 16.0 Å². The Hall–Kier alpha value is -2.30. The van der Waals surface area contributed by atoms with Crippen LogP contribution in [0.4, 0.5) is 23.7 Å². The highest BCUT2D eigenvalue weighted by molar-refractivity contribution is 7.91. The van der Waals surface area contributed by atoms with Crippen LogP contribution in [0.5, 0.6) is 0 Å². The van der Waals surface area contributed by atoms with E-state index in [1.165, 1.54) is 12.1 Å². The van der Waals surface area contributed by atoms with E-state index in [9.17, 15) is 31.2 Å². The minimum atomic E-state index is -4.54. The SMILES string of the molecule is CC(C)[C@H](NC(=O)NC1CCS(=O)(=O)C1)C(=O)Nc1cccc(C(F)(F)F)c1. The van der Waals surface area contributed by atoms with Crippen LogP contribution in [-0.2, 0) is 20.8 Å². The van der Waals surface area contributed by atoms with E-state index in [1.807, 2.05) is 0 Å². The zero-order chi connectivity index (χ0) is 21.1. The minimum Gasteiger partial charge on any atom is -0.334 e. The zero-order valence-corrected chi connectivity index (χ0v) is 16.2. The van der Waals surface area contributed by atoms with Gasteiger partial charge in [-0.3, -0.25) is 4.79 Å². The number of halogens is 3. The lowest BCUT2D eigenvalue weighted by Crippen LogP contribution is -2.52. The Morgan fingerprint density at radius 1 is 1.21 bits per heavy atom. The molecule has 1 aromatic carbocycles. The summed E-state index contributed by atoms with van der Waals surface area (Å²) >= 11 is 0. The highest BCUT2D eigenvalue weighted by Crippen LogP contribution is 2.30. The van der Waals surface area contributed by atoms with Gasteiger partial charge in [0.25, 0.3) is 0 Å². The standard InChI is InChI=1S/C17H22F3N3O4S/c1-10(2)14(23-16(25)22-13-6-7-28(26,27)9-13)15(24)21-12-5-3-4-11(8-12)17(18,19)20/h3-5,8,10,13-14H,6-7,9H2,1-2H3,(H,21,24)(H2,22,23,25)/t13?,14-/m0/s1. The van der Waals surface area contributed by atoms with Gasteiger partial charge in [0, 0.05) is 11.7 Å². The Morgan fingerprint density at radius 2 is 1.89 bits per heavy atom. The highest BCUT2D eigenvalue weighted by Gasteiger charge is 2.32. The van der Waals surface area contributed by atoms with Gasteiger partial charge in [0.2, 0.25) is 5.91 Å². The maximum atomic E-state index is 12.8. The van der Waals surface area contributed by atoms with Gasteiger partial charge in [0.15, 0.2) is 9.84 Å². The largest absolute Gasteiger partial charge is 0.416 e. The van der Waals surface area contributed by atoms with Crippen molar-refractivity contribution >= 4 is 27.5 Å². The number of hydrogen-bond donors (Lipinski definition) is 3. The molecular weight excluding hydrogens is 399 g/mol. The van der Waals surface area contributed by atoms with Crippen molar-refractivity contribution in [2.45, 2.75) is 38.5 Å². The molecule has 1 fully saturated rings. The fourth-order valence-electron chi connectivity index (χ4n) is 2.81. The van der Waals surface area contributed by atoms with Crippen LogP contribution < -0.4 is 16.0 Å². The molecule has 1 unspecified atom stereocenters. The van der Waals surface area contributed by atoms with Crippen LogP contribution in [0.2, 0.25) is 0 Å². The van der Waals surface area contributed by atoms with Crippen molar-refractivity contribution in [1.82, 2.24) is 10.6 Å². The van der Waals surface area contributed by atoms with Crippen LogP contribution in [0.3, 0.4) is 0 Å². The predicted molar refractivity (Wildman–Crippen MR) is 97.4 cm³/mol. The summed E-state index contributed by atoms with van der Waals surface area (Å²) in [7, 11) is -3.17. The lowest BCUT2D eigenvalue weighted by atomic mass is 10.0. The van der Waals surface area contributed by atoms with Crippen LogP contribution in [0.15, 0.2) is 24.3 Å². The number of amides is 3. The van der Waals surface area contributed by atoms with E-state index in [-0.39, 0.29) is 23.1 Å². The van der Waals surface area contributed by atoms with Gasteiger partial charge in [-0.1, -0.05) is 19.9 Å². The normalized spacial score (nSPS) is 19.9. The number of rotatable bonds is 5. The molecule has 0 radical (unpaired) electrons. The number of carbonyl (C=O) groups excluding carboxylic acids is 2. The number of hydrogen-bond acceptors (Lipinski definition) is 4. The molecule has 1 saturated heterocycles. The number of nitrogens with one attached hydrogen (secondary N) is 3. The van der Waals surface area contributed by atoms with Crippen LogP contribution in [-0.4, -0.2) is 43.9 Å². The van der Waals surface area contributed by atoms with Gasteiger partial charge in [-0.2, -0.15) is 13.2 Å². The molecule has 1 aromatic rings. The number of alkyl halides is 3. The van der Waals surface area contributed by atoms with Crippen LogP contribution in [0.1, 0.15) is 25.8 Å². The fourth-order valence-corrected chi connectivity index (χ4v) is 4.48. The van der Waals surface area contributed by atoms with Crippen molar-refractivity contribution in [3.05, 3.63) is 29.8 Å². The Labute approximate surface area is 161 Å². The third kappa shape index (κ3) is 6.11. The Morgan fingerprint density at radius 3 is 2.43 bits per heavy atom. The molecule has 28 heavy (non-hydrogen) atoms. The molecular formula is C17H22F3N3O4S. The Kier molecular flexibility index (Phi) is 6.58. The molecule has 1 heterocycles. The molecule has 1 aliphatic heterocycles. The second kappa shape index (κ2) is 8.38. The lowest BCUT2D eigenvalue weighted by molar-refractivity contribution is -0.137. The van der Waals surface area contributed by atoms with E-state index in [1.54, 1.807) is 13.8 Å². The number of benzene rings is 1. The average Bonchev–Trinajstić information content (AvgIpc) is 2.90. The summed E-state index contributed by atoms with van der Waals surface area (Å²) in [4.78, 5) is 24.6. The summed E-state index contributed by atoms with van der Waals surface area (Å²) in [6.07, 6.45) is -4.25. The summed E-state index contributed by atoms with van der Waals surface area (Å²) in [5.74, 6) is -1.21. The number of carbonyl (C=O) groups is 2. The predicted octanol–water partition coefficient (Wildman–Crippen LogP) is 2.15. The van der Waals surface area contributed by atoms with Crippen molar-refractivity contribution in [3.8, 4) is 0 Å². The first kappa shape index (κ1) is 22.0. The molecule has 2 rings (SSSR count). The molecule has 0 aromatic heterocycles. The fraction of sp³-hybridized carbons (Fsp3) is 0.529. The number of urea groups is 1. The van der Waals surface area contributed by atoms with E-state index in [0.29, 0.717) is 6.42 Å². The van der Waals surface area contributed by atoms with Gasteiger partial charge in [0.1, 0.15) is 6.04 Å². The van der Waals surface area contributed by atoms with E-state index >= 15 is 0 Å². The monoisotopic (exact) mass is 421 g/mol. The summed E-state index contributed by atoms with van der Waals surface area (Å²) in [5, 5.41) is 7.34. The van der Waals surface area contributed by atoms with Crippen molar-refractivity contribution < 1.29 is 31.2 Å². The molecule has 1 aliphatic rings. The zero-order valence-electron chi connectivity index (χ0n) is 15.3. The number of anilines is 1. The highest BCUT2D eigenvalue weighted by atomic mass is 32.2. The third-order valence-corrected chi connectivity index (χ3v) is 6.03. The summed E-state index contributed by atoms with van der Waals surface area (Å²) < 4.78 is 61.3. The van der Waals surface area contributed by atoms with Gasteiger partial charge in [-0.25, -0.2) is 13.2 Å². The van der Waals surface area contributed by atoms with Gasteiger partial charge in [0.05, 0.1) is 17.1 Å². The molecule has 0 saturated carbocycles. The maximum absolute atomic E-state index is 12.8. The van der Waals surface area contributed by atoms with Crippen LogP contribution >= 0.6 is 0 Å². The summed E-state index contributed by atoms with van der Waals surface area (Å²) in [5.41, 5.74) is -0.950. The molecule has 0 spiro atoms. The number of sulfone groups is 1. The van der Waals surface area contributed by atoms with Crippen molar-refractivity contribution in [3.63, 3.8) is 0 Å². The minimum absolute atomic E-state index is 0.0123. The molecule has 7 nitrogen and oxygen atoms in total. The maximum Gasteiger partial charge on any atom is 0.416 e. The van der Waals surface area contributed by atoms with E-state index < -0.39 is 45.6 Å². The first-order chi connectivity index (χ1) is 12.9.